The Hall–Kier alpha value is -5.57. The average Bonchev–Trinajstić information content (AvgIpc) is 3.86. The van der Waals surface area contributed by atoms with Crippen LogP contribution in [0.4, 0.5) is 0 Å². The third-order valence-corrected chi connectivity index (χ3v) is 18.6. The summed E-state index contributed by atoms with van der Waals surface area (Å²) in [5, 5.41) is 6.45. The lowest BCUT2D eigenvalue weighted by atomic mass is 9.55. The summed E-state index contributed by atoms with van der Waals surface area (Å²) in [6.45, 7) is 16.5. The van der Waals surface area contributed by atoms with Crippen molar-refractivity contribution in [1.29, 1.82) is 0 Å². The van der Waals surface area contributed by atoms with Gasteiger partial charge in [-0.25, -0.2) is 4.57 Å². The van der Waals surface area contributed by atoms with Crippen molar-refractivity contribution >= 4 is 66.3 Å². The molecular formula is C49H74N11O11P. The van der Waals surface area contributed by atoms with Crippen molar-refractivity contribution in [3.8, 4) is 0 Å². The Balaban J connectivity index is 1.69. The second-order valence-corrected chi connectivity index (χ2v) is 23.9. The Morgan fingerprint density at radius 1 is 0.736 bits per heavy atom. The summed E-state index contributed by atoms with van der Waals surface area (Å²) < 4.78 is 28.0. The van der Waals surface area contributed by atoms with Crippen LogP contribution in [0.1, 0.15) is 133 Å². The standard InChI is InChI=1S/C49H74N11O11P/c1-24-39-27(12-15-33(51)62)44(3,4)31(58-39)20-30-26(11-14-32(50)61)46(6,21-36(54)65)42(57-30)25(2)40-28(13-16-34(52)63)47(7,22-37(55)66)49(9,60-40)43-29(19-35(53)64)45(5,41(24)59-43)18-17-38(67)56-23-48(8)70-72(68,69-10)71-48/h20,26-29,43,57H,11-19,21-23H2,1-10H3,(H2,50,61)(H2,51,62)(H2,52,63)(H2,53,64)(H2,54,65)(H2,55,66)(H,56,67)/b30-20?,39-24?,42-25-. The Bertz CT molecular complexity index is 2590. The molecule has 0 saturated carbocycles. The zero-order valence-electron chi connectivity index (χ0n) is 43.2. The molecule has 9 atom stereocenters. The highest BCUT2D eigenvalue weighted by Gasteiger charge is 2.66. The van der Waals surface area contributed by atoms with Gasteiger partial charge in [0, 0.05) is 132 Å². The van der Waals surface area contributed by atoms with Crippen molar-refractivity contribution in [2.24, 2.45) is 94.7 Å². The summed E-state index contributed by atoms with van der Waals surface area (Å²) in [6, 6.07) is -0.962. The van der Waals surface area contributed by atoms with E-state index in [1.54, 1.807) is 0 Å². The minimum absolute atomic E-state index is 0.00322. The van der Waals surface area contributed by atoms with E-state index in [0.717, 1.165) is 0 Å². The molecule has 22 nitrogen and oxygen atoms in total. The minimum atomic E-state index is -3.74. The Labute approximate surface area is 420 Å². The number of rotatable bonds is 21. The summed E-state index contributed by atoms with van der Waals surface area (Å²) in [5.74, 6) is -8.03. The first-order valence-electron chi connectivity index (χ1n) is 24.4. The third-order valence-electron chi connectivity index (χ3n) is 16.9. The molecule has 8 bridgehead atoms. The normalized spacial score (nSPS) is 36.4. The lowest BCUT2D eigenvalue weighted by Crippen LogP contribution is -2.56. The fourth-order valence-corrected chi connectivity index (χ4v) is 14.1. The quantitative estimate of drug-likeness (QED) is 0.0770. The van der Waals surface area contributed by atoms with Gasteiger partial charge < -0.3 is 45.0 Å². The molecule has 6 rings (SSSR count). The first-order valence-corrected chi connectivity index (χ1v) is 25.9. The van der Waals surface area contributed by atoms with Crippen molar-refractivity contribution in [2.45, 2.75) is 150 Å². The van der Waals surface area contributed by atoms with E-state index in [9.17, 15) is 38.1 Å². The number of nitrogens with one attached hydrogen (secondary N) is 2. The van der Waals surface area contributed by atoms with Gasteiger partial charge in [0.2, 0.25) is 47.1 Å². The van der Waals surface area contributed by atoms with E-state index in [1.807, 2.05) is 61.5 Å². The van der Waals surface area contributed by atoms with Crippen LogP contribution in [0.2, 0.25) is 0 Å². The van der Waals surface area contributed by atoms with E-state index in [2.05, 4.69) is 10.6 Å². The Kier molecular flexibility index (Phi) is 15.2. The fourth-order valence-electron chi connectivity index (χ4n) is 12.9. The van der Waals surface area contributed by atoms with Crippen molar-refractivity contribution in [3.63, 3.8) is 0 Å². The molecule has 23 heteroatoms. The molecule has 2 saturated heterocycles. The van der Waals surface area contributed by atoms with E-state index >= 15 is 0 Å². The van der Waals surface area contributed by atoms with Crippen LogP contribution >= 0.6 is 7.82 Å². The summed E-state index contributed by atoms with van der Waals surface area (Å²) in [5.41, 5.74) is 34.6. The highest BCUT2D eigenvalue weighted by atomic mass is 31.2. The van der Waals surface area contributed by atoms with Gasteiger partial charge in [-0.3, -0.25) is 62.1 Å². The maximum atomic E-state index is 13.9. The number of nitrogens with two attached hydrogens (primary N) is 6. The van der Waals surface area contributed by atoms with Crippen LogP contribution in [0.25, 0.3) is 0 Å². The van der Waals surface area contributed by atoms with Gasteiger partial charge in [-0.05, 0) is 70.6 Å². The molecule has 72 heavy (non-hydrogen) atoms. The zero-order valence-corrected chi connectivity index (χ0v) is 44.1. The molecule has 7 amide bonds. The highest BCUT2D eigenvalue weighted by Crippen LogP contribution is 2.65. The summed E-state index contributed by atoms with van der Waals surface area (Å²) in [6.07, 6.45) is 1.62. The number of allylic oxidation sites excluding steroid dienone is 6. The number of hydrogen-bond donors (Lipinski definition) is 8. The lowest BCUT2D eigenvalue weighted by Gasteiger charge is -2.48. The molecular weight excluding hydrogens is 950 g/mol. The van der Waals surface area contributed by atoms with Gasteiger partial charge >= 0.3 is 7.82 Å². The molecule has 9 unspecified atom stereocenters. The van der Waals surface area contributed by atoms with Crippen LogP contribution in [0.15, 0.2) is 49.3 Å². The highest BCUT2D eigenvalue weighted by molar-refractivity contribution is 7.49. The summed E-state index contributed by atoms with van der Waals surface area (Å²) >= 11 is 0. The number of hydrogen-bond acceptors (Lipinski definition) is 15. The van der Waals surface area contributed by atoms with Gasteiger partial charge in [0.1, 0.15) is 0 Å². The summed E-state index contributed by atoms with van der Waals surface area (Å²) in [7, 11) is -2.55. The topological polar surface area (TPSA) is 382 Å². The molecule has 2 fully saturated rings. The smallest absolute Gasteiger partial charge is 0.370 e. The van der Waals surface area contributed by atoms with Gasteiger partial charge in [-0.2, -0.15) is 0 Å². The van der Waals surface area contributed by atoms with E-state index in [4.69, 9.17) is 63.0 Å². The van der Waals surface area contributed by atoms with Gasteiger partial charge in [0.25, 0.3) is 0 Å². The van der Waals surface area contributed by atoms with Crippen molar-refractivity contribution < 1.29 is 51.7 Å². The number of carbonyl (C=O) groups is 7. The molecule has 6 heterocycles. The summed E-state index contributed by atoms with van der Waals surface area (Å²) in [4.78, 5) is 109. The zero-order chi connectivity index (χ0) is 53.9. The van der Waals surface area contributed by atoms with Crippen LogP contribution < -0.4 is 45.0 Å². The largest absolute Gasteiger partial charge is 0.479 e. The molecule has 14 N–H and O–H groups in total. The van der Waals surface area contributed by atoms with Gasteiger partial charge in [0.05, 0.1) is 18.1 Å². The number of carbonyl (C=O) groups excluding carboxylic acids is 7. The van der Waals surface area contributed by atoms with Gasteiger partial charge in [-0.1, -0.05) is 34.6 Å². The average molecular weight is 1020 g/mol. The molecule has 0 aromatic heterocycles. The lowest BCUT2D eigenvalue weighted by molar-refractivity contribution is -0.203. The molecule has 6 aliphatic rings. The molecule has 0 aromatic rings. The molecule has 0 spiro atoms. The van der Waals surface area contributed by atoms with Crippen LogP contribution in [-0.2, 0) is 51.7 Å². The van der Waals surface area contributed by atoms with E-state index in [-0.39, 0.29) is 77.2 Å². The Morgan fingerprint density at radius 2 is 1.29 bits per heavy atom. The first-order chi connectivity index (χ1) is 33.2. The number of nitrogens with zero attached hydrogens (tertiary/aromatic N) is 3. The Morgan fingerprint density at radius 3 is 1.82 bits per heavy atom. The van der Waals surface area contributed by atoms with Gasteiger partial charge in [0.15, 0.2) is 0 Å². The fraction of sp³-hybridized carbons (Fsp3) is 0.673. The number of phosphoric ester groups is 1. The second kappa shape index (κ2) is 19.7. The van der Waals surface area contributed by atoms with Crippen molar-refractivity contribution in [2.75, 3.05) is 13.7 Å². The maximum Gasteiger partial charge on any atom is 0.479 e. The molecule has 0 aliphatic carbocycles. The minimum Gasteiger partial charge on any atom is -0.370 e. The molecule has 0 radical (unpaired) electrons. The predicted octanol–water partition coefficient (Wildman–Crippen LogP) is 2.87. The number of phosphoric acid groups is 1. The van der Waals surface area contributed by atoms with Crippen LogP contribution in [0, 0.1) is 45.3 Å². The van der Waals surface area contributed by atoms with Crippen molar-refractivity contribution in [3.05, 3.63) is 34.3 Å². The number of aliphatic imine (C=N–C) groups is 3. The number of fused-ring (bicyclic) bond motifs is 6. The number of amides is 7. The third kappa shape index (κ3) is 10.1. The number of primary amides is 6. The van der Waals surface area contributed by atoms with Crippen LogP contribution in [-0.4, -0.2) is 89.5 Å². The van der Waals surface area contributed by atoms with Crippen LogP contribution in [0.5, 0.6) is 0 Å². The molecule has 6 aliphatic heterocycles. The predicted molar refractivity (Wildman–Crippen MR) is 267 cm³/mol. The van der Waals surface area contributed by atoms with Crippen molar-refractivity contribution in [1.82, 2.24) is 10.6 Å². The SMILES string of the molecule is COP1(=O)OC(C)(CNC(=O)CCC2(C)C3=NC(C2CC(N)=O)C2(C)N=C(/C(C)=C4\NC(=CC5=NC(=C3C)C(CCC(N)=O)C5(C)C)C(CCC(N)=O)C4(C)CC(N)=O)C(CCC(N)=O)C2(C)CC(N)=O)O1. The van der Waals surface area contributed by atoms with Gasteiger partial charge in [-0.15, -0.1) is 0 Å². The van der Waals surface area contributed by atoms with Crippen LogP contribution in [0.3, 0.4) is 0 Å². The van der Waals surface area contributed by atoms with E-state index in [1.165, 1.54) is 14.0 Å². The molecule has 0 aromatic carbocycles. The van der Waals surface area contributed by atoms with E-state index < -0.39 is 112 Å². The van der Waals surface area contributed by atoms with E-state index in [0.29, 0.717) is 45.4 Å². The first kappa shape index (κ1) is 55.7. The molecule has 396 valence electrons. The monoisotopic (exact) mass is 1020 g/mol. The maximum absolute atomic E-state index is 13.9. The second-order valence-electron chi connectivity index (χ2n) is 22.2.